The van der Waals surface area contributed by atoms with Crippen LogP contribution >= 0.6 is 0 Å². The van der Waals surface area contributed by atoms with Gasteiger partial charge in [-0.15, -0.1) is 6.58 Å². The van der Waals surface area contributed by atoms with Gasteiger partial charge in [0, 0.05) is 11.6 Å². The summed E-state index contributed by atoms with van der Waals surface area (Å²) in [7, 11) is 0. The molecule has 0 unspecified atom stereocenters. The Balaban J connectivity index is 2.95. The minimum atomic E-state index is -0.320. The molecular weight excluding hydrogens is 178 g/mol. The Morgan fingerprint density at radius 3 is 2.71 bits per heavy atom. The summed E-state index contributed by atoms with van der Waals surface area (Å²) in [6.45, 7) is 5.62. The third kappa shape index (κ3) is 2.26. The van der Waals surface area contributed by atoms with Gasteiger partial charge in [-0.05, 0) is 19.4 Å². The first kappa shape index (κ1) is 10.6. The number of hydrogen-bond donors (Lipinski definition) is 3. The molecule has 0 heterocycles. The third-order valence-corrected chi connectivity index (χ3v) is 2.01. The van der Waals surface area contributed by atoms with E-state index >= 15 is 0 Å². The van der Waals surface area contributed by atoms with E-state index in [1.165, 1.54) is 6.07 Å². The fraction of sp³-hybridized carbons (Fsp3) is 0.273. The Hall–Kier alpha value is -1.48. The van der Waals surface area contributed by atoms with E-state index in [9.17, 15) is 10.2 Å². The van der Waals surface area contributed by atoms with Crippen molar-refractivity contribution in [2.24, 2.45) is 5.73 Å². The zero-order valence-corrected chi connectivity index (χ0v) is 8.20. The highest BCUT2D eigenvalue weighted by molar-refractivity contribution is 5.46. The van der Waals surface area contributed by atoms with Gasteiger partial charge in [0.25, 0.3) is 0 Å². The van der Waals surface area contributed by atoms with Gasteiger partial charge in [-0.2, -0.15) is 0 Å². The minimum Gasteiger partial charge on any atom is -0.504 e. The van der Waals surface area contributed by atoms with Crippen molar-refractivity contribution in [2.45, 2.75) is 19.4 Å². The molecule has 0 bridgehead atoms. The topological polar surface area (TPSA) is 66.5 Å². The van der Waals surface area contributed by atoms with E-state index in [-0.39, 0.29) is 17.5 Å². The van der Waals surface area contributed by atoms with Crippen molar-refractivity contribution in [3.63, 3.8) is 0 Å². The zero-order valence-electron chi connectivity index (χ0n) is 8.20. The second-order valence-electron chi connectivity index (χ2n) is 3.48. The first-order chi connectivity index (χ1) is 6.52. The average Bonchev–Trinajstić information content (AvgIpc) is 2.08. The Morgan fingerprint density at radius 2 is 2.14 bits per heavy atom. The Bertz CT molecular complexity index is 347. The highest BCUT2D eigenvalue weighted by Gasteiger charge is 2.13. The molecule has 14 heavy (non-hydrogen) atoms. The van der Waals surface area contributed by atoms with Gasteiger partial charge in [0.1, 0.15) is 0 Å². The minimum absolute atomic E-state index is 0.138. The number of para-hydroxylation sites is 1. The van der Waals surface area contributed by atoms with Crippen LogP contribution in [0.15, 0.2) is 30.4 Å². The maximum absolute atomic E-state index is 9.52. The molecule has 76 valence electrons. The van der Waals surface area contributed by atoms with E-state index in [1.54, 1.807) is 12.1 Å². The molecule has 1 rings (SSSR count). The Morgan fingerprint density at radius 1 is 1.50 bits per heavy atom. The molecule has 0 radical (unpaired) electrons. The molecule has 1 aromatic carbocycles. The van der Waals surface area contributed by atoms with Crippen LogP contribution in [0.5, 0.6) is 11.5 Å². The second kappa shape index (κ2) is 4.15. The van der Waals surface area contributed by atoms with Crippen molar-refractivity contribution in [2.75, 3.05) is 0 Å². The summed E-state index contributed by atoms with van der Waals surface area (Å²) in [6, 6.07) is 4.46. The van der Waals surface area contributed by atoms with Gasteiger partial charge in [0.2, 0.25) is 0 Å². The SMILES string of the molecule is C=C(C)C[C@@H](N)c1cccc(O)c1O. The van der Waals surface area contributed by atoms with Crippen LogP contribution in [0.4, 0.5) is 0 Å². The number of rotatable bonds is 3. The van der Waals surface area contributed by atoms with Crippen LogP contribution in [0.25, 0.3) is 0 Å². The van der Waals surface area contributed by atoms with Gasteiger partial charge in [0.15, 0.2) is 11.5 Å². The highest BCUT2D eigenvalue weighted by Crippen LogP contribution is 2.33. The Kier molecular flexibility index (Phi) is 3.14. The first-order valence-corrected chi connectivity index (χ1v) is 4.43. The van der Waals surface area contributed by atoms with Gasteiger partial charge in [0.05, 0.1) is 0 Å². The normalized spacial score (nSPS) is 12.4. The van der Waals surface area contributed by atoms with E-state index in [0.717, 1.165) is 5.57 Å². The van der Waals surface area contributed by atoms with Crippen molar-refractivity contribution >= 4 is 0 Å². The summed E-state index contributed by atoms with van der Waals surface area (Å²) < 4.78 is 0. The lowest BCUT2D eigenvalue weighted by Crippen LogP contribution is -2.10. The molecule has 0 saturated heterocycles. The van der Waals surface area contributed by atoms with E-state index < -0.39 is 0 Å². The van der Waals surface area contributed by atoms with Crippen molar-refractivity contribution in [1.29, 1.82) is 0 Å². The average molecular weight is 193 g/mol. The predicted octanol–water partition coefficient (Wildman–Crippen LogP) is 2.06. The van der Waals surface area contributed by atoms with E-state index in [0.29, 0.717) is 12.0 Å². The highest BCUT2D eigenvalue weighted by atomic mass is 16.3. The van der Waals surface area contributed by atoms with Crippen molar-refractivity contribution in [1.82, 2.24) is 0 Å². The smallest absolute Gasteiger partial charge is 0.162 e. The summed E-state index contributed by atoms with van der Waals surface area (Å²) in [6.07, 6.45) is 0.594. The largest absolute Gasteiger partial charge is 0.504 e. The molecule has 0 aliphatic rings. The number of aromatic hydroxyl groups is 2. The molecule has 3 heteroatoms. The fourth-order valence-electron chi connectivity index (χ4n) is 1.33. The molecule has 4 N–H and O–H groups in total. The molecule has 0 spiro atoms. The molecule has 0 amide bonds. The molecule has 3 nitrogen and oxygen atoms in total. The quantitative estimate of drug-likeness (QED) is 0.508. The summed E-state index contributed by atoms with van der Waals surface area (Å²) in [5.41, 5.74) is 7.33. The van der Waals surface area contributed by atoms with Gasteiger partial charge in [-0.1, -0.05) is 17.7 Å². The molecule has 0 saturated carbocycles. The second-order valence-corrected chi connectivity index (χ2v) is 3.48. The summed E-state index contributed by atoms with van der Waals surface area (Å²) >= 11 is 0. The van der Waals surface area contributed by atoms with Crippen LogP contribution in [0.1, 0.15) is 24.9 Å². The lowest BCUT2D eigenvalue weighted by atomic mass is 10.00. The van der Waals surface area contributed by atoms with Crippen molar-refractivity contribution in [3.8, 4) is 11.5 Å². The predicted molar refractivity (Wildman–Crippen MR) is 56.1 cm³/mol. The molecule has 0 aliphatic heterocycles. The number of phenolic OH excluding ortho intramolecular Hbond substituents is 2. The third-order valence-electron chi connectivity index (χ3n) is 2.01. The van der Waals surface area contributed by atoms with Crippen LogP contribution < -0.4 is 5.73 Å². The van der Waals surface area contributed by atoms with Crippen molar-refractivity contribution < 1.29 is 10.2 Å². The van der Waals surface area contributed by atoms with Gasteiger partial charge < -0.3 is 15.9 Å². The molecule has 1 atom stereocenters. The summed E-state index contributed by atoms with van der Waals surface area (Å²) in [5.74, 6) is -0.277. The summed E-state index contributed by atoms with van der Waals surface area (Å²) in [4.78, 5) is 0. The lowest BCUT2D eigenvalue weighted by Gasteiger charge is -2.13. The van der Waals surface area contributed by atoms with Gasteiger partial charge >= 0.3 is 0 Å². The maximum atomic E-state index is 9.52. The molecule has 0 aromatic heterocycles. The van der Waals surface area contributed by atoms with E-state index in [4.69, 9.17) is 5.73 Å². The number of benzene rings is 1. The van der Waals surface area contributed by atoms with E-state index in [2.05, 4.69) is 6.58 Å². The van der Waals surface area contributed by atoms with Crippen LogP contribution in [0.3, 0.4) is 0 Å². The number of phenols is 2. The molecular formula is C11H15NO2. The van der Waals surface area contributed by atoms with Crippen LogP contribution in [0.2, 0.25) is 0 Å². The van der Waals surface area contributed by atoms with Crippen LogP contribution in [-0.2, 0) is 0 Å². The number of hydrogen-bond acceptors (Lipinski definition) is 3. The zero-order chi connectivity index (χ0) is 10.7. The van der Waals surface area contributed by atoms with Gasteiger partial charge in [-0.25, -0.2) is 0 Å². The summed E-state index contributed by atoms with van der Waals surface area (Å²) in [5, 5.41) is 18.8. The molecule has 0 aliphatic carbocycles. The maximum Gasteiger partial charge on any atom is 0.162 e. The van der Waals surface area contributed by atoms with Gasteiger partial charge in [-0.3, -0.25) is 0 Å². The van der Waals surface area contributed by atoms with E-state index in [1.807, 2.05) is 6.92 Å². The lowest BCUT2D eigenvalue weighted by molar-refractivity contribution is 0.396. The number of nitrogens with two attached hydrogens (primary N) is 1. The Labute approximate surface area is 83.5 Å². The monoisotopic (exact) mass is 193 g/mol. The van der Waals surface area contributed by atoms with Crippen molar-refractivity contribution in [3.05, 3.63) is 35.9 Å². The molecule has 1 aromatic rings. The molecule has 0 fully saturated rings. The first-order valence-electron chi connectivity index (χ1n) is 4.43. The standard InChI is InChI=1S/C11H15NO2/c1-7(2)6-9(12)8-4-3-5-10(13)11(8)14/h3-5,9,13-14H,1,6,12H2,2H3/t9-/m1/s1. The van der Waals surface area contributed by atoms with Crippen LogP contribution in [-0.4, -0.2) is 10.2 Å². The fourth-order valence-corrected chi connectivity index (χ4v) is 1.33. The van der Waals surface area contributed by atoms with Crippen LogP contribution in [0, 0.1) is 0 Å².